The molecule has 2 aliphatic rings. The summed E-state index contributed by atoms with van der Waals surface area (Å²) in [5.74, 6) is -2.64. The number of piperazine rings is 1. The summed E-state index contributed by atoms with van der Waals surface area (Å²) in [6, 6.07) is 36.2. The van der Waals surface area contributed by atoms with Crippen LogP contribution in [0.4, 0.5) is 0 Å². The van der Waals surface area contributed by atoms with Crippen LogP contribution in [0.1, 0.15) is 46.9 Å². The van der Waals surface area contributed by atoms with E-state index in [-0.39, 0.29) is 24.4 Å². The lowest BCUT2D eigenvalue weighted by Crippen LogP contribution is -2.66. The normalized spacial score (nSPS) is 19.9. The molecule has 206 valence electrons. The van der Waals surface area contributed by atoms with Crippen LogP contribution in [0.5, 0.6) is 0 Å². The van der Waals surface area contributed by atoms with E-state index in [1.54, 1.807) is 4.90 Å². The fourth-order valence-corrected chi connectivity index (χ4v) is 6.67. The van der Waals surface area contributed by atoms with Crippen LogP contribution in [-0.4, -0.2) is 57.4 Å². The molecule has 6 heteroatoms. The van der Waals surface area contributed by atoms with E-state index in [1.807, 2.05) is 121 Å². The quantitative estimate of drug-likeness (QED) is 0.342. The lowest BCUT2D eigenvalue weighted by Gasteiger charge is -2.47. The van der Waals surface area contributed by atoms with Crippen molar-refractivity contribution >= 4 is 17.8 Å². The van der Waals surface area contributed by atoms with Crippen molar-refractivity contribution in [2.45, 2.75) is 42.8 Å². The summed E-state index contributed by atoms with van der Waals surface area (Å²) in [6.07, 6.45) is 1.19. The maximum absolute atomic E-state index is 14.4. The zero-order valence-electron chi connectivity index (χ0n) is 22.6. The Bertz CT molecular complexity index is 1430. The number of rotatable bonds is 7. The zero-order valence-corrected chi connectivity index (χ0v) is 22.6. The van der Waals surface area contributed by atoms with E-state index in [9.17, 15) is 19.5 Å². The first-order valence-corrected chi connectivity index (χ1v) is 14.1. The number of carboxylic acid groups (broad SMARTS) is 1. The number of hydrogen-bond acceptors (Lipinski definition) is 3. The van der Waals surface area contributed by atoms with Gasteiger partial charge in [-0.15, -0.1) is 0 Å². The van der Waals surface area contributed by atoms with E-state index in [1.165, 1.54) is 4.90 Å². The Morgan fingerprint density at radius 2 is 0.976 bits per heavy atom. The molecule has 0 saturated carbocycles. The minimum absolute atomic E-state index is 0.115. The smallest absolute Gasteiger partial charge is 0.328 e. The Morgan fingerprint density at radius 1 is 0.585 bits per heavy atom. The lowest BCUT2D eigenvalue weighted by molar-refractivity contribution is -0.161. The molecule has 2 aliphatic heterocycles. The maximum atomic E-state index is 14.4. The molecule has 0 aliphatic carbocycles. The molecule has 0 spiro atoms. The van der Waals surface area contributed by atoms with Gasteiger partial charge in [0.1, 0.15) is 6.04 Å². The van der Waals surface area contributed by atoms with E-state index in [0.717, 1.165) is 22.3 Å². The van der Waals surface area contributed by atoms with Crippen LogP contribution in [0.2, 0.25) is 0 Å². The van der Waals surface area contributed by atoms with Crippen molar-refractivity contribution in [1.29, 1.82) is 0 Å². The minimum Gasteiger partial charge on any atom is -0.480 e. The molecule has 6 rings (SSSR count). The number of hydrogen-bond donors (Lipinski definition) is 1. The summed E-state index contributed by atoms with van der Waals surface area (Å²) in [5, 5.41) is 10.5. The van der Waals surface area contributed by atoms with Gasteiger partial charge in [-0.3, -0.25) is 9.59 Å². The minimum atomic E-state index is -1.13. The predicted molar refractivity (Wildman–Crippen MR) is 156 cm³/mol. The number of carboxylic acids is 1. The summed E-state index contributed by atoms with van der Waals surface area (Å²) in [6.45, 7) is 0.185. The van der Waals surface area contributed by atoms with Crippen LogP contribution in [0.25, 0.3) is 0 Å². The summed E-state index contributed by atoms with van der Waals surface area (Å²) in [7, 11) is 0. The zero-order chi connectivity index (χ0) is 28.3. The van der Waals surface area contributed by atoms with Crippen LogP contribution < -0.4 is 0 Å². The highest BCUT2D eigenvalue weighted by Crippen LogP contribution is 2.40. The third-order valence-electron chi connectivity index (χ3n) is 8.47. The molecule has 4 aromatic carbocycles. The molecule has 1 unspecified atom stereocenters. The Hall–Kier alpha value is -4.71. The van der Waals surface area contributed by atoms with Gasteiger partial charge in [-0.05, 0) is 35.1 Å². The third kappa shape index (κ3) is 5.02. The average Bonchev–Trinajstić information content (AvgIpc) is 3.31. The van der Waals surface area contributed by atoms with Gasteiger partial charge in [0.2, 0.25) is 11.8 Å². The highest BCUT2D eigenvalue weighted by molar-refractivity contribution is 5.93. The van der Waals surface area contributed by atoms with Gasteiger partial charge in [0.25, 0.3) is 0 Å². The van der Waals surface area contributed by atoms with Crippen molar-refractivity contribution in [2.24, 2.45) is 0 Å². The van der Waals surface area contributed by atoms with E-state index in [4.69, 9.17) is 0 Å². The summed E-state index contributed by atoms with van der Waals surface area (Å²) in [4.78, 5) is 45.0. The van der Waals surface area contributed by atoms with Crippen molar-refractivity contribution in [3.05, 3.63) is 144 Å². The molecule has 2 fully saturated rings. The fraction of sp³-hybridized carbons (Fsp3) is 0.229. The first-order chi connectivity index (χ1) is 20.0. The first-order valence-electron chi connectivity index (χ1n) is 14.1. The third-order valence-corrected chi connectivity index (χ3v) is 8.47. The predicted octanol–water partition coefficient (Wildman–Crippen LogP) is 5.31. The van der Waals surface area contributed by atoms with E-state index in [2.05, 4.69) is 0 Å². The molecule has 6 nitrogen and oxygen atoms in total. The monoisotopic (exact) mass is 544 g/mol. The highest BCUT2D eigenvalue weighted by atomic mass is 16.4. The molecule has 2 heterocycles. The highest BCUT2D eigenvalue weighted by Gasteiger charge is 2.54. The number of carbonyl (C=O) groups excluding carboxylic acids is 2. The maximum Gasteiger partial charge on any atom is 0.328 e. The van der Waals surface area contributed by atoms with Crippen molar-refractivity contribution in [1.82, 2.24) is 9.80 Å². The average molecular weight is 545 g/mol. The van der Waals surface area contributed by atoms with Crippen molar-refractivity contribution in [2.75, 3.05) is 6.54 Å². The Labute approximate surface area is 239 Å². The van der Waals surface area contributed by atoms with Gasteiger partial charge in [-0.25, -0.2) is 4.79 Å². The fourth-order valence-electron chi connectivity index (χ4n) is 6.67. The molecule has 0 radical (unpaired) electrons. The van der Waals surface area contributed by atoms with E-state index in [0.29, 0.717) is 12.8 Å². The largest absolute Gasteiger partial charge is 0.480 e. The van der Waals surface area contributed by atoms with Gasteiger partial charge >= 0.3 is 5.97 Å². The molecular weight excluding hydrogens is 512 g/mol. The second-order valence-electron chi connectivity index (χ2n) is 10.8. The number of fused-ring (bicyclic) bond motifs is 2. The summed E-state index contributed by atoms with van der Waals surface area (Å²) in [5.41, 5.74) is 3.35. The topological polar surface area (TPSA) is 77.9 Å². The summed E-state index contributed by atoms with van der Waals surface area (Å²) < 4.78 is 0. The molecule has 2 bridgehead atoms. The lowest BCUT2D eigenvalue weighted by atomic mass is 9.87. The van der Waals surface area contributed by atoms with Gasteiger partial charge in [-0.2, -0.15) is 0 Å². The van der Waals surface area contributed by atoms with Crippen molar-refractivity contribution < 1.29 is 19.5 Å². The molecule has 2 saturated heterocycles. The number of nitrogens with zero attached hydrogens (tertiary/aromatic N) is 2. The SMILES string of the molecule is O=C(O)[C@@H]1[C@H]2CCC(CN1C(=O)C(c1ccccc1)c1ccccc1)N2C(=O)C(c1ccccc1)c1ccccc1. The van der Waals surface area contributed by atoms with Crippen molar-refractivity contribution in [3.63, 3.8) is 0 Å². The van der Waals surface area contributed by atoms with E-state index >= 15 is 0 Å². The Balaban J connectivity index is 1.36. The summed E-state index contributed by atoms with van der Waals surface area (Å²) >= 11 is 0. The first kappa shape index (κ1) is 26.5. The molecule has 4 aromatic rings. The second-order valence-corrected chi connectivity index (χ2v) is 10.8. The molecule has 0 aromatic heterocycles. The molecule has 3 atom stereocenters. The molecule has 2 amide bonds. The van der Waals surface area contributed by atoms with Gasteiger partial charge in [0, 0.05) is 12.6 Å². The second kappa shape index (κ2) is 11.4. The number of likely N-dealkylation sites (tertiary alicyclic amines) is 1. The van der Waals surface area contributed by atoms with E-state index < -0.39 is 29.9 Å². The molecule has 41 heavy (non-hydrogen) atoms. The standard InChI is InChI=1S/C35H32N2O4/c38-33(30(24-13-5-1-6-14-24)25-15-7-2-8-16-25)36-23-28-21-22-29(32(36)35(40)41)37(28)34(39)31(26-17-9-3-10-18-26)27-19-11-4-12-20-27/h1-20,28-32H,21-23H2,(H,40,41)/t28?,29-,32+/m1/s1. The Kier molecular flexibility index (Phi) is 7.38. The number of benzene rings is 4. The van der Waals surface area contributed by atoms with Gasteiger partial charge in [-0.1, -0.05) is 121 Å². The van der Waals surface area contributed by atoms with Gasteiger partial charge < -0.3 is 14.9 Å². The van der Waals surface area contributed by atoms with Gasteiger partial charge in [0.05, 0.1) is 17.9 Å². The van der Waals surface area contributed by atoms with Crippen LogP contribution in [0.3, 0.4) is 0 Å². The molecule has 1 N–H and O–H groups in total. The number of carbonyl (C=O) groups is 3. The van der Waals surface area contributed by atoms with Gasteiger partial charge in [0.15, 0.2) is 0 Å². The van der Waals surface area contributed by atoms with Crippen LogP contribution in [-0.2, 0) is 14.4 Å². The van der Waals surface area contributed by atoms with Crippen LogP contribution in [0, 0.1) is 0 Å². The number of amides is 2. The number of aliphatic carboxylic acids is 1. The van der Waals surface area contributed by atoms with Crippen molar-refractivity contribution in [3.8, 4) is 0 Å². The van der Waals surface area contributed by atoms with Crippen LogP contribution >= 0.6 is 0 Å². The van der Waals surface area contributed by atoms with Crippen LogP contribution in [0.15, 0.2) is 121 Å². The molecular formula is C35H32N2O4. The Morgan fingerprint density at radius 3 is 1.37 bits per heavy atom.